The Bertz CT molecular complexity index is 918. The number of H-pyrrole nitrogens is 1. The van der Waals surface area contributed by atoms with Crippen molar-refractivity contribution in [1.29, 1.82) is 0 Å². The Kier molecular flexibility index (Phi) is 5.50. The van der Waals surface area contributed by atoms with Crippen molar-refractivity contribution in [1.82, 2.24) is 15.5 Å². The summed E-state index contributed by atoms with van der Waals surface area (Å²) in [6, 6.07) is 13.2. The molecule has 0 atom stereocenters. The van der Waals surface area contributed by atoms with E-state index < -0.39 is 0 Å². The number of ether oxygens (including phenoxy) is 1. The molecule has 0 radical (unpaired) electrons. The number of hydrogen-bond donors (Lipinski definition) is 2. The normalized spacial score (nSPS) is 16.2. The first-order valence-electron chi connectivity index (χ1n) is 9.49. The molecule has 0 unspecified atom stereocenters. The Balaban J connectivity index is 1.49. The summed E-state index contributed by atoms with van der Waals surface area (Å²) in [5.74, 6) is -0.476. The first-order valence-corrected chi connectivity index (χ1v) is 9.49. The van der Waals surface area contributed by atoms with Gasteiger partial charge in [0.1, 0.15) is 11.6 Å². The van der Waals surface area contributed by atoms with E-state index in [9.17, 15) is 8.78 Å². The second-order valence-corrected chi connectivity index (χ2v) is 7.28. The van der Waals surface area contributed by atoms with Crippen LogP contribution in [0.15, 0.2) is 54.7 Å². The Hall–Kier alpha value is -2.57. The number of hydrogen-bond acceptors (Lipinski definition) is 3. The van der Waals surface area contributed by atoms with Gasteiger partial charge in [0.2, 0.25) is 0 Å². The zero-order valence-corrected chi connectivity index (χ0v) is 15.6. The molecule has 4 nitrogen and oxygen atoms in total. The third kappa shape index (κ3) is 3.98. The second kappa shape index (κ2) is 8.20. The van der Waals surface area contributed by atoms with Crippen LogP contribution >= 0.6 is 0 Å². The maximum absolute atomic E-state index is 13.8. The van der Waals surface area contributed by atoms with Crippen LogP contribution in [0.25, 0.3) is 11.3 Å². The molecular weight excluding hydrogens is 360 g/mol. The van der Waals surface area contributed by atoms with E-state index in [1.165, 1.54) is 18.2 Å². The number of aromatic nitrogens is 2. The highest BCUT2D eigenvalue weighted by Gasteiger charge is 2.34. The fraction of sp³-hybridized carbons (Fsp3) is 0.318. The third-order valence-electron chi connectivity index (χ3n) is 5.52. The van der Waals surface area contributed by atoms with Crippen molar-refractivity contribution in [2.24, 2.45) is 0 Å². The van der Waals surface area contributed by atoms with Gasteiger partial charge in [-0.2, -0.15) is 5.10 Å². The van der Waals surface area contributed by atoms with Gasteiger partial charge in [-0.3, -0.25) is 5.10 Å². The molecule has 4 rings (SSSR count). The summed E-state index contributed by atoms with van der Waals surface area (Å²) in [7, 11) is 0. The fourth-order valence-corrected chi connectivity index (χ4v) is 3.90. The van der Waals surface area contributed by atoms with Crippen LogP contribution in [-0.4, -0.2) is 30.0 Å². The predicted octanol–water partition coefficient (Wildman–Crippen LogP) is 4.19. The van der Waals surface area contributed by atoms with Crippen LogP contribution < -0.4 is 5.32 Å². The van der Waals surface area contributed by atoms with Crippen molar-refractivity contribution in [3.8, 4) is 11.3 Å². The lowest BCUT2D eigenvalue weighted by Gasteiger charge is -2.38. The van der Waals surface area contributed by atoms with E-state index in [1.54, 1.807) is 30.5 Å². The Morgan fingerprint density at radius 3 is 2.57 bits per heavy atom. The first kappa shape index (κ1) is 18.8. The minimum atomic E-state index is -0.264. The van der Waals surface area contributed by atoms with E-state index in [4.69, 9.17) is 4.74 Å². The van der Waals surface area contributed by atoms with Gasteiger partial charge in [0, 0.05) is 42.8 Å². The van der Waals surface area contributed by atoms with Crippen LogP contribution in [0, 0.1) is 11.6 Å². The van der Waals surface area contributed by atoms with Crippen LogP contribution in [0.1, 0.15) is 24.0 Å². The van der Waals surface area contributed by atoms with Crippen LogP contribution in [0.4, 0.5) is 8.78 Å². The number of nitrogens with one attached hydrogen (secondary N) is 2. The summed E-state index contributed by atoms with van der Waals surface area (Å²) >= 11 is 0. The molecule has 2 N–H and O–H groups in total. The van der Waals surface area contributed by atoms with E-state index in [2.05, 4.69) is 15.5 Å². The van der Waals surface area contributed by atoms with Crippen LogP contribution in [-0.2, 0) is 16.7 Å². The first-order chi connectivity index (χ1) is 13.7. The second-order valence-electron chi connectivity index (χ2n) is 7.28. The molecule has 28 heavy (non-hydrogen) atoms. The molecule has 2 aromatic carbocycles. The van der Waals surface area contributed by atoms with Gasteiger partial charge in [-0.1, -0.05) is 12.1 Å². The molecule has 146 valence electrons. The molecule has 1 saturated heterocycles. The van der Waals surface area contributed by atoms with Crippen LogP contribution in [0.5, 0.6) is 0 Å². The van der Waals surface area contributed by atoms with Gasteiger partial charge in [-0.15, -0.1) is 0 Å². The molecule has 0 bridgehead atoms. The standard InChI is InChI=1S/C22H23F2N3O/c23-19-6-4-16(5-7-19)21-17(14-26-27-21)13-25-15-22(8-10-28-11-9-22)18-2-1-3-20(24)12-18/h1-7,12,14,25H,8-11,13,15H2,(H,26,27). The number of halogens is 2. The summed E-state index contributed by atoms with van der Waals surface area (Å²) < 4.78 is 32.6. The molecule has 6 heteroatoms. The van der Waals surface area contributed by atoms with Gasteiger partial charge in [0.25, 0.3) is 0 Å². The molecule has 0 aliphatic carbocycles. The van der Waals surface area contributed by atoms with Gasteiger partial charge in [-0.25, -0.2) is 8.78 Å². The van der Waals surface area contributed by atoms with E-state index in [0.29, 0.717) is 26.3 Å². The third-order valence-corrected chi connectivity index (χ3v) is 5.52. The van der Waals surface area contributed by atoms with Crippen molar-refractivity contribution in [2.45, 2.75) is 24.8 Å². The molecule has 3 aromatic rings. The van der Waals surface area contributed by atoms with Crippen molar-refractivity contribution < 1.29 is 13.5 Å². The van der Waals surface area contributed by atoms with Gasteiger partial charge >= 0.3 is 0 Å². The summed E-state index contributed by atoms with van der Waals surface area (Å²) in [5.41, 5.74) is 3.63. The lowest BCUT2D eigenvalue weighted by Crippen LogP contribution is -2.42. The van der Waals surface area contributed by atoms with Crippen molar-refractivity contribution in [3.63, 3.8) is 0 Å². The van der Waals surface area contributed by atoms with Gasteiger partial charge in [0.15, 0.2) is 0 Å². The SMILES string of the molecule is Fc1ccc(-c2[nH]ncc2CNCC2(c3cccc(F)c3)CCOCC2)cc1. The van der Waals surface area contributed by atoms with Gasteiger partial charge < -0.3 is 10.1 Å². The lowest BCUT2D eigenvalue weighted by molar-refractivity contribution is 0.0497. The maximum atomic E-state index is 13.8. The van der Waals surface area contributed by atoms with Crippen LogP contribution in [0.2, 0.25) is 0 Å². The molecule has 1 fully saturated rings. The Labute approximate surface area is 162 Å². The lowest BCUT2D eigenvalue weighted by atomic mass is 9.74. The molecule has 0 saturated carbocycles. The molecule has 0 spiro atoms. The Morgan fingerprint density at radius 2 is 1.82 bits per heavy atom. The predicted molar refractivity (Wildman–Crippen MR) is 104 cm³/mol. The van der Waals surface area contributed by atoms with E-state index >= 15 is 0 Å². The summed E-state index contributed by atoms with van der Waals surface area (Å²) in [5, 5.41) is 10.7. The number of benzene rings is 2. The molecule has 1 aliphatic rings. The van der Waals surface area contributed by atoms with E-state index in [0.717, 1.165) is 35.2 Å². The minimum absolute atomic E-state index is 0.153. The number of aromatic amines is 1. The largest absolute Gasteiger partial charge is 0.381 e. The monoisotopic (exact) mass is 383 g/mol. The fourth-order valence-electron chi connectivity index (χ4n) is 3.90. The zero-order chi connectivity index (χ0) is 19.4. The average Bonchev–Trinajstić information content (AvgIpc) is 3.18. The van der Waals surface area contributed by atoms with E-state index in [-0.39, 0.29) is 17.0 Å². The zero-order valence-electron chi connectivity index (χ0n) is 15.6. The molecule has 0 amide bonds. The Morgan fingerprint density at radius 1 is 1.04 bits per heavy atom. The quantitative estimate of drug-likeness (QED) is 0.671. The van der Waals surface area contributed by atoms with Crippen LogP contribution in [0.3, 0.4) is 0 Å². The smallest absolute Gasteiger partial charge is 0.123 e. The van der Waals surface area contributed by atoms with Crippen molar-refractivity contribution in [2.75, 3.05) is 19.8 Å². The molecular formula is C22H23F2N3O. The van der Waals surface area contributed by atoms with Crippen molar-refractivity contribution in [3.05, 3.63) is 77.5 Å². The highest BCUT2D eigenvalue weighted by molar-refractivity contribution is 5.62. The molecule has 1 aromatic heterocycles. The minimum Gasteiger partial charge on any atom is -0.381 e. The number of rotatable bonds is 6. The molecule has 1 aliphatic heterocycles. The highest BCUT2D eigenvalue weighted by Crippen LogP contribution is 2.35. The molecule has 2 heterocycles. The summed E-state index contributed by atoms with van der Waals surface area (Å²) in [4.78, 5) is 0. The van der Waals surface area contributed by atoms with Crippen molar-refractivity contribution >= 4 is 0 Å². The average molecular weight is 383 g/mol. The van der Waals surface area contributed by atoms with E-state index in [1.807, 2.05) is 6.07 Å². The van der Waals surface area contributed by atoms with Gasteiger partial charge in [0.05, 0.1) is 11.9 Å². The highest BCUT2D eigenvalue weighted by atomic mass is 19.1. The number of nitrogens with zero attached hydrogens (tertiary/aromatic N) is 1. The maximum Gasteiger partial charge on any atom is 0.123 e. The topological polar surface area (TPSA) is 49.9 Å². The summed E-state index contributed by atoms with van der Waals surface area (Å²) in [6.45, 7) is 2.67. The summed E-state index contributed by atoms with van der Waals surface area (Å²) in [6.07, 6.45) is 3.48. The van der Waals surface area contributed by atoms with Gasteiger partial charge in [-0.05, 0) is 54.8 Å².